The van der Waals surface area contributed by atoms with Gasteiger partial charge in [-0.1, -0.05) is 61.9 Å². The minimum absolute atomic E-state index is 0.169. The summed E-state index contributed by atoms with van der Waals surface area (Å²) in [7, 11) is 0. The van der Waals surface area contributed by atoms with E-state index in [0.717, 1.165) is 22.4 Å². The van der Waals surface area contributed by atoms with E-state index in [1.54, 1.807) is 0 Å². The number of urea groups is 1. The Kier molecular flexibility index (Phi) is 5.21. The second kappa shape index (κ2) is 7.12. The zero-order valence-corrected chi connectivity index (χ0v) is 13.7. The van der Waals surface area contributed by atoms with Crippen molar-refractivity contribution >= 4 is 11.7 Å². The maximum atomic E-state index is 12.2. The molecule has 0 saturated carbocycles. The first kappa shape index (κ1) is 16.1. The average molecular weight is 296 g/mol. The van der Waals surface area contributed by atoms with Crippen LogP contribution in [-0.4, -0.2) is 6.03 Å². The lowest BCUT2D eigenvalue weighted by atomic mass is 9.98. The summed E-state index contributed by atoms with van der Waals surface area (Å²) >= 11 is 0. The van der Waals surface area contributed by atoms with Gasteiger partial charge in [0.1, 0.15) is 0 Å². The number of carbonyl (C=O) groups excluding carboxylic acids is 1. The zero-order chi connectivity index (χ0) is 16.1. The van der Waals surface area contributed by atoms with E-state index < -0.39 is 0 Å². The number of nitrogens with one attached hydrogen (secondary N) is 2. The Balaban J connectivity index is 2.03. The van der Waals surface area contributed by atoms with E-state index in [9.17, 15) is 4.79 Å². The molecule has 0 aliphatic carbocycles. The second-order valence-corrected chi connectivity index (χ2v) is 5.99. The van der Waals surface area contributed by atoms with E-state index in [1.165, 1.54) is 5.56 Å². The van der Waals surface area contributed by atoms with Gasteiger partial charge in [-0.2, -0.15) is 0 Å². The molecule has 0 saturated heterocycles. The molecule has 2 amide bonds. The highest BCUT2D eigenvalue weighted by atomic mass is 16.2. The van der Waals surface area contributed by atoms with Crippen molar-refractivity contribution in [1.82, 2.24) is 5.32 Å². The summed E-state index contributed by atoms with van der Waals surface area (Å²) < 4.78 is 0. The molecule has 3 heteroatoms. The molecular weight excluding hydrogens is 272 g/mol. The SMILES string of the molecule is Cc1cccc(CNC(=O)Nc2c(C)cccc2C(C)C)c1. The van der Waals surface area contributed by atoms with Crippen LogP contribution in [0.4, 0.5) is 10.5 Å². The van der Waals surface area contributed by atoms with Crippen molar-refractivity contribution < 1.29 is 4.79 Å². The molecule has 0 spiro atoms. The van der Waals surface area contributed by atoms with Crippen LogP contribution in [0.15, 0.2) is 42.5 Å². The zero-order valence-electron chi connectivity index (χ0n) is 13.7. The van der Waals surface area contributed by atoms with Crippen molar-refractivity contribution in [3.05, 3.63) is 64.7 Å². The Morgan fingerprint density at radius 3 is 2.50 bits per heavy atom. The van der Waals surface area contributed by atoms with Crippen molar-refractivity contribution in [2.24, 2.45) is 0 Å². The monoisotopic (exact) mass is 296 g/mol. The van der Waals surface area contributed by atoms with Gasteiger partial charge in [0.15, 0.2) is 0 Å². The van der Waals surface area contributed by atoms with Gasteiger partial charge in [0.05, 0.1) is 0 Å². The van der Waals surface area contributed by atoms with Gasteiger partial charge >= 0.3 is 6.03 Å². The molecule has 0 heterocycles. The molecule has 0 radical (unpaired) electrons. The predicted octanol–water partition coefficient (Wildman–Crippen LogP) is 4.75. The molecule has 2 rings (SSSR count). The highest BCUT2D eigenvalue weighted by Gasteiger charge is 2.11. The van der Waals surface area contributed by atoms with Gasteiger partial charge in [0.25, 0.3) is 0 Å². The standard InChI is InChI=1S/C19H24N2O/c1-13(2)17-10-6-8-15(4)18(17)21-19(22)20-12-16-9-5-7-14(3)11-16/h5-11,13H,12H2,1-4H3,(H2,20,21,22). The van der Waals surface area contributed by atoms with Gasteiger partial charge in [-0.05, 0) is 36.5 Å². The largest absolute Gasteiger partial charge is 0.334 e. The summed E-state index contributed by atoms with van der Waals surface area (Å²) in [5, 5.41) is 5.91. The molecule has 0 aliphatic heterocycles. The van der Waals surface area contributed by atoms with E-state index in [0.29, 0.717) is 12.5 Å². The van der Waals surface area contributed by atoms with Crippen LogP contribution in [-0.2, 0) is 6.54 Å². The first-order valence-corrected chi connectivity index (χ1v) is 7.67. The summed E-state index contributed by atoms with van der Waals surface area (Å²) in [5.41, 5.74) is 5.45. The normalized spacial score (nSPS) is 10.6. The van der Waals surface area contributed by atoms with E-state index in [-0.39, 0.29) is 6.03 Å². The maximum Gasteiger partial charge on any atom is 0.319 e. The van der Waals surface area contributed by atoms with Crippen LogP contribution in [0.25, 0.3) is 0 Å². The number of aryl methyl sites for hydroxylation is 2. The smallest absolute Gasteiger partial charge is 0.319 e. The van der Waals surface area contributed by atoms with Crippen molar-refractivity contribution in [2.75, 3.05) is 5.32 Å². The number of carbonyl (C=O) groups is 1. The first-order chi connectivity index (χ1) is 10.5. The van der Waals surface area contributed by atoms with Crippen LogP contribution in [0.2, 0.25) is 0 Å². The number of para-hydroxylation sites is 1. The highest BCUT2D eigenvalue weighted by molar-refractivity contribution is 5.91. The third-order valence-electron chi connectivity index (χ3n) is 3.70. The minimum atomic E-state index is -0.169. The molecular formula is C19H24N2O. The lowest BCUT2D eigenvalue weighted by Crippen LogP contribution is -2.29. The molecule has 116 valence electrons. The van der Waals surface area contributed by atoms with Crippen molar-refractivity contribution in [1.29, 1.82) is 0 Å². The van der Waals surface area contributed by atoms with Crippen LogP contribution in [0.3, 0.4) is 0 Å². The molecule has 0 atom stereocenters. The average Bonchev–Trinajstić information content (AvgIpc) is 2.47. The maximum absolute atomic E-state index is 12.2. The number of benzene rings is 2. The Bertz CT molecular complexity index is 662. The van der Waals surface area contributed by atoms with Crippen LogP contribution in [0.1, 0.15) is 42.0 Å². The van der Waals surface area contributed by atoms with Gasteiger partial charge in [-0.25, -0.2) is 4.79 Å². The lowest BCUT2D eigenvalue weighted by Gasteiger charge is -2.17. The quantitative estimate of drug-likeness (QED) is 0.840. The van der Waals surface area contributed by atoms with Crippen LogP contribution >= 0.6 is 0 Å². The van der Waals surface area contributed by atoms with Gasteiger partial charge in [-0.15, -0.1) is 0 Å². The van der Waals surface area contributed by atoms with E-state index in [2.05, 4.69) is 36.6 Å². The van der Waals surface area contributed by atoms with Crippen LogP contribution < -0.4 is 10.6 Å². The first-order valence-electron chi connectivity index (χ1n) is 7.67. The fraction of sp³-hybridized carbons (Fsp3) is 0.316. The molecule has 22 heavy (non-hydrogen) atoms. The third-order valence-corrected chi connectivity index (χ3v) is 3.70. The van der Waals surface area contributed by atoms with Crippen LogP contribution in [0, 0.1) is 13.8 Å². The Morgan fingerprint density at radius 1 is 1.09 bits per heavy atom. The van der Waals surface area contributed by atoms with Crippen molar-refractivity contribution in [2.45, 2.75) is 40.2 Å². The second-order valence-electron chi connectivity index (χ2n) is 5.99. The summed E-state index contributed by atoms with van der Waals surface area (Å²) in [6.07, 6.45) is 0. The summed E-state index contributed by atoms with van der Waals surface area (Å²) in [6.45, 7) is 8.85. The number of amides is 2. The fourth-order valence-electron chi connectivity index (χ4n) is 2.50. The molecule has 2 N–H and O–H groups in total. The van der Waals surface area contributed by atoms with Gasteiger partial charge in [0, 0.05) is 12.2 Å². The molecule has 0 unspecified atom stereocenters. The van der Waals surface area contributed by atoms with Gasteiger partial charge in [0.2, 0.25) is 0 Å². The highest BCUT2D eigenvalue weighted by Crippen LogP contribution is 2.27. The number of hydrogen-bond acceptors (Lipinski definition) is 1. The Morgan fingerprint density at radius 2 is 1.82 bits per heavy atom. The van der Waals surface area contributed by atoms with E-state index in [4.69, 9.17) is 0 Å². The number of anilines is 1. The summed E-state index contributed by atoms with van der Waals surface area (Å²) in [5.74, 6) is 0.368. The third kappa shape index (κ3) is 4.10. The Hall–Kier alpha value is -2.29. The molecule has 0 bridgehead atoms. The summed E-state index contributed by atoms with van der Waals surface area (Å²) in [6, 6.07) is 14.1. The van der Waals surface area contributed by atoms with Crippen LogP contribution in [0.5, 0.6) is 0 Å². The molecule has 3 nitrogen and oxygen atoms in total. The predicted molar refractivity (Wildman–Crippen MR) is 92.3 cm³/mol. The molecule has 2 aromatic carbocycles. The van der Waals surface area contributed by atoms with Crippen molar-refractivity contribution in [3.63, 3.8) is 0 Å². The molecule has 0 aliphatic rings. The molecule has 0 aromatic heterocycles. The van der Waals surface area contributed by atoms with E-state index >= 15 is 0 Å². The van der Waals surface area contributed by atoms with Gasteiger partial charge < -0.3 is 10.6 Å². The lowest BCUT2D eigenvalue weighted by molar-refractivity contribution is 0.251. The van der Waals surface area contributed by atoms with Gasteiger partial charge in [-0.3, -0.25) is 0 Å². The molecule has 2 aromatic rings. The molecule has 0 fully saturated rings. The Labute approximate surface area is 132 Å². The summed E-state index contributed by atoms with van der Waals surface area (Å²) in [4.78, 5) is 12.2. The number of rotatable bonds is 4. The fourth-order valence-corrected chi connectivity index (χ4v) is 2.50. The number of hydrogen-bond donors (Lipinski definition) is 2. The van der Waals surface area contributed by atoms with Crippen molar-refractivity contribution in [3.8, 4) is 0 Å². The topological polar surface area (TPSA) is 41.1 Å². The van der Waals surface area contributed by atoms with E-state index in [1.807, 2.05) is 44.2 Å². The minimum Gasteiger partial charge on any atom is -0.334 e.